The van der Waals surface area contributed by atoms with Crippen molar-refractivity contribution < 1.29 is 14.6 Å². The first kappa shape index (κ1) is 17.7. The molecule has 0 spiro atoms. The molecule has 2 aromatic carbocycles. The summed E-state index contributed by atoms with van der Waals surface area (Å²) in [6.45, 7) is 3.41. The molecule has 25 heavy (non-hydrogen) atoms. The molecule has 0 unspecified atom stereocenters. The Kier molecular flexibility index (Phi) is 4.97. The van der Waals surface area contributed by atoms with Crippen molar-refractivity contribution in [3.05, 3.63) is 42.0 Å². The predicted octanol–water partition coefficient (Wildman–Crippen LogP) is 2.48. The second-order valence-corrected chi connectivity index (χ2v) is 7.00. The van der Waals surface area contributed by atoms with Crippen LogP contribution in [0.25, 0.3) is 10.8 Å². The fourth-order valence-electron chi connectivity index (χ4n) is 3.27. The Morgan fingerprint density at radius 3 is 2.52 bits per heavy atom. The number of amides is 1. The van der Waals surface area contributed by atoms with Gasteiger partial charge in [0.05, 0.1) is 13.2 Å². The number of hydrogen-bond donors (Lipinski definition) is 2. The van der Waals surface area contributed by atoms with Crippen molar-refractivity contribution in [2.45, 2.75) is 31.4 Å². The van der Waals surface area contributed by atoms with Gasteiger partial charge in [0.1, 0.15) is 11.4 Å². The number of likely N-dealkylation sites (tertiary alicyclic amines) is 1. The lowest BCUT2D eigenvalue weighted by Crippen LogP contribution is -2.53. The van der Waals surface area contributed by atoms with Gasteiger partial charge in [-0.05, 0) is 61.3 Å². The van der Waals surface area contributed by atoms with Gasteiger partial charge >= 0.3 is 0 Å². The van der Waals surface area contributed by atoms with Gasteiger partial charge in [-0.1, -0.05) is 18.2 Å². The monoisotopic (exact) mass is 342 g/mol. The van der Waals surface area contributed by atoms with E-state index in [1.54, 1.807) is 7.11 Å². The molecule has 0 bridgehead atoms. The summed E-state index contributed by atoms with van der Waals surface area (Å²) >= 11 is 0. The third-order valence-corrected chi connectivity index (χ3v) is 5.16. The van der Waals surface area contributed by atoms with Crippen molar-refractivity contribution in [2.24, 2.45) is 0 Å². The molecule has 2 N–H and O–H groups in total. The summed E-state index contributed by atoms with van der Waals surface area (Å²) in [6.07, 6.45) is 0.944. The van der Waals surface area contributed by atoms with Crippen LogP contribution in [0.5, 0.6) is 5.75 Å². The number of nitrogens with one attached hydrogen (secondary N) is 1. The van der Waals surface area contributed by atoms with E-state index in [0.717, 1.165) is 35.2 Å². The molecule has 2 aromatic rings. The minimum absolute atomic E-state index is 0.164. The molecule has 0 saturated carbocycles. The Balaban J connectivity index is 1.73. The maximum atomic E-state index is 12.6. The van der Waals surface area contributed by atoms with Crippen LogP contribution >= 0.6 is 0 Å². The number of benzene rings is 2. The first-order valence-electron chi connectivity index (χ1n) is 8.71. The zero-order valence-electron chi connectivity index (χ0n) is 15.1. The molecule has 5 nitrogen and oxygen atoms in total. The van der Waals surface area contributed by atoms with Gasteiger partial charge in [-0.25, -0.2) is 0 Å². The lowest BCUT2D eigenvalue weighted by molar-refractivity contribution is -0.145. The minimum atomic E-state index is -1.26. The highest BCUT2D eigenvalue weighted by Gasteiger charge is 2.39. The molecular formula is C20H26N2O3. The van der Waals surface area contributed by atoms with Gasteiger partial charge in [-0.3, -0.25) is 4.79 Å². The molecule has 5 heteroatoms. The molecular weight excluding hydrogens is 316 g/mol. The summed E-state index contributed by atoms with van der Waals surface area (Å²) in [5.41, 5.74) is -0.243. The summed E-state index contributed by atoms with van der Waals surface area (Å²) in [4.78, 5) is 14.7. The van der Waals surface area contributed by atoms with E-state index in [2.05, 4.69) is 16.3 Å². The van der Waals surface area contributed by atoms with Crippen molar-refractivity contribution in [1.82, 2.24) is 10.2 Å². The third-order valence-electron chi connectivity index (χ3n) is 5.16. The summed E-state index contributed by atoms with van der Waals surface area (Å²) in [6, 6.07) is 11.9. The quantitative estimate of drug-likeness (QED) is 0.896. The van der Waals surface area contributed by atoms with E-state index in [-0.39, 0.29) is 11.9 Å². The lowest BCUT2D eigenvalue weighted by Gasteiger charge is -2.36. The van der Waals surface area contributed by atoms with Gasteiger partial charge < -0.3 is 20.1 Å². The molecule has 134 valence electrons. The van der Waals surface area contributed by atoms with E-state index < -0.39 is 5.60 Å². The maximum Gasteiger partial charge on any atom is 0.252 e. The Morgan fingerprint density at radius 1 is 1.20 bits per heavy atom. The van der Waals surface area contributed by atoms with Gasteiger partial charge in [0.15, 0.2) is 0 Å². The Morgan fingerprint density at radius 2 is 1.84 bits per heavy atom. The molecule has 0 aliphatic carbocycles. The minimum Gasteiger partial charge on any atom is -0.497 e. The van der Waals surface area contributed by atoms with E-state index in [1.165, 1.54) is 0 Å². The fraction of sp³-hybridized carbons (Fsp3) is 0.450. The van der Waals surface area contributed by atoms with Crippen LogP contribution in [-0.4, -0.2) is 48.8 Å². The smallest absolute Gasteiger partial charge is 0.252 e. The SMILES string of the molecule is COc1ccc2cc([C@@H](C)NC(=O)C3(O)CCN(C)CC3)ccc2c1. The number of carbonyl (C=O) groups is 1. The highest BCUT2D eigenvalue weighted by atomic mass is 16.5. The van der Waals surface area contributed by atoms with Crippen molar-refractivity contribution in [2.75, 3.05) is 27.2 Å². The third kappa shape index (κ3) is 3.78. The second-order valence-electron chi connectivity index (χ2n) is 7.00. The van der Waals surface area contributed by atoms with E-state index in [0.29, 0.717) is 12.8 Å². The molecule has 1 heterocycles. The Hall–Kier alpha value is -2.11. The summed E-state index contributed by atoms with van der Waals surface area (Å²) < 4.78 is 5.25. The van der Waals surface area contributed by atoms with Crippen LogP contribution < -0.4 is 10.1 Å². The van der Waals surface area contributed by atoms with Crippen molar-refractivity contribution >= 4 is 16.7 Å². The zero-order valence-corrected chi connectivity index (χ0v) is 15.1. The first-order valence-corrected chi connectivity index (χ1v) is 8.71. The van der Waals surface area contributed by atoms with Crippen LogP contribution in [0.15, 0.2) is 36.4 Å². The van der Waals surface area contributed by atoms with E-state index in [9.17, 15) is 9.90 Å². The number of carbonyl (C=O) groups excluding carboxylic acids is 1. The highest BCUT2D eigenvalue weighted by molar-refractivity contribution is 5.86. The largest absolute Gasteiger partial charge is 0.497 e. The van der Waals surface area contributed by atoms with Crippen LogP contribution in [0, 0.1) is 0 Å². The van der Waals surface area contributed by atoms with Crippen LogP contribution in [0.3, 0.4) is 0 Å². The zero-order chi connectivity index (χ0) is 18.0. The second kappa shape index (κ2) is 7.02. The predicted molar refractivity (Wildman–Crippen MR) is 98.7 cm³/mol. The molecule has 1 aliphatic heterocycles. The van der Waals surface area contributed by atoms with Gasteiger partial charge in [-0.2, -0.15) is 0 Å². The molecule has 3 rings (SSSR count). The molecule has 1 atom stereocenters. The number of hydrogen-bond acceptors (Lipinski definition) is 4. The van der Waals surface area contributed by atoms with Gasteiger partial charge in [-0.15, -0.1) is 0 Å². The normalized spacial score (nSPS) is 18.7. The average molecular weight is 342 g/mol. The summed E-state index contributed by atoms with van der Waals surface area (Å²) in [7, 11) is 3.66. The molecule has 0 radical (unpaired) electrons. The molecule has 1 aliphatic rings. The Labute approximate surface area is 148 Å². The number of ether oxygens (including phenoxy) is 1. The number of nitrogens with zero attached hydrogens (tertiary/aromatic N) is 1. The van der Waals surface area contributed by atoms with Gasteiger partial charge in [0.25, 0.3) is 5.91 Å². The van der Waals surface area contributed by atoms with E-state index >= 15 is 0 Å². The topological polar surface area (TPSA) is 61.8 Å². The molecule has 1 fully saturated rings. The molecule has 1 amide bonds. The summed E-state index contributed by atoms with van der Waals surface area (Å²) in [5, 5.41) is 15.8. The number of rotatable bonds is 4. The van der Waals surface area contributed by atoms with E-state index in [1.807, 2.05) is 44.3 Å². The average Bonchev–Trinajstić information content (AvgIpc) is 2.63. The maximum absolute atomic E-state index is 12.6. The van der Waals surface area contributed by atoms with Gasteiger partial charge in [0, 0.05) is 13.1 Å². The number of aliphatic hydroxyl groups is 1. The van der Waals surface area contributed by atoms with Crippen molar-refractivity contribution in [1.29, 1.82) is 0 Å². The van der Waals surface area contributed by atoms with Crippen molar-refractivity contribution in [3.8, 4) is 5.75 Å². The first-order chi connectivity index (χ1) is 11.9. The molecule has 0 aromatic heterocycles. The molecule has 1 saturated heterocycles. The fourth-order valence-corrected chi connectivity index (χ4v) is 3.27. The van der Waals surface area contributed by atoms with Crippen LogP contribution in [0.2, 0.25) is 0 Å². The Bertz CT molecular complexity index is 767. The number of fused-ring (bicyclic) bond motifs is 1. The van der Waals surface area contributed by atoms with Gasteiger partial charge in [0.2, 0.25) is 0 Å². The van der Waals surface area contributed by atoms with E-state index in [4.69, 9.17) is 4.74 Å². The number of piperidine rings is 1. The van der Waals surface area contributed by atoms with Crippen molar-refractivity contribution in [3.63, 3.8) is 0 Å². The van der Waals surface area contributed by atoms with Crippen LogP contribution in [0.4, 0.5) is 0 Å². The lowest BCUT2D eigenvalue weighted by atomic mass is 9.90. The van der Waals surface area contributed by atoms with Crippen LogP contribution in [0.1, 0.15) is 31.4 Å². The summed E-state index contributed by atoms with van der Waals surface area (Å²) in [5.74, 6) is 0.550. The van der Waals surface area contributed by atoms with Crippen LogP contribution in [-0.2, 0) is 4.79 Å². The highest BCUT2D eigenvalue weighted by Crippen LogP contribution is 2.26. The number of methoxy groups -OCH3 is 1. The standard InChI is InChI=1S/C20H26N2O3/c1-14(21-19(23)20(24)8-10-22(2)11-9-20)15-4-5-17-13-18(25-3)7-6-16(17)12-15/h4-7,12-14,24H,8-11H2,1-3H3,(H,21,23)/t14-/m1/s1.